The molecule has 16 heteroatoms. The van der Waals surface area contributed by atoms with E-state index in [2.05, 4.69) is 0 Å². The lowest BCUT2D eigenvalue weighted by Crippen LogP contribution is -2.49. The summed E-state index contributed by atoms with van der Waals surface area (Å²) >= 11 is 0. The molecule has 0 amide bonds. The van der Waals surface area contributed by atoms with Gasteiger partial charge in [0, 0.05) is 18.2 Å². The van der Waals surface area contributed by atoms with Crippen LogP contribution in [-0.4, -0.2) is 89.0 Å². The number of ether oxygens (including phenoxy) is 3. The number of hydrogen-bond acceptors (Lipinski definition) is 14. The normalized spacial score (nSPS) is 13.1. The smallest absolute Gasteiger partial charge is 0.349 e. The van der Waals surface area contributed by atoms with Crippen molar-refractivity contribution in [2.75, 3.05) is 0 Å². The van der Waals surface area contributed by atoms with E-state index < -0.39 is 89.1 Å². The van der Waals surface area contributed by atoms with Gasteiger partial charge >= 0.3 is 29.8 Å². The fourth-order valence-corrected chi connectivity index (χ4v) is 3.94. The highest BCUT2D eigenvalue weighted by molar-refractivity contribution is 5.91. The van der Waals surface area contributed by atoms with Crippen molar-refractivity contribution in [3.05, 3.63) is 89.5 Å². The van der Waals surface area contributed by atoms with Crippen molar-refractivity contribution in [3.63, 3.8) is 0 Å². The van der Waals surface area contributed by atoms with Crippen molar-refractivity contribution in [3.8, 4) is 34.5 Å². The summed E-state index contributed by atoms with van der Waals surface area (Å²) in [4.78, 5) is 62.3. The Kier molecular flexibility index (Phi) is 12.3. The Labute approximate surface area is 275 Å². The zero-order chi connectivity index (χ0) is 36.2. The quantitative estimate of drug-likeness (QED) is 0.0526. The monoisotopic (exact) mass is 680 g/mol. The van der Waals surface area contributed by atoms with Crippen LogP contribution in [0.4, 0.5) is 0 Å². The zero-order valence-electron chi connectivity index (χ0n) is 24.9. The number of esters is 3. The Bertz CT molecular complexity index is 1820. The van der Waals surface area contributed by atoms with Crippen LogP contribution in [-0.2, 0) is 38.2 Å². The predicted octanol–water partition coefficient (Wildman–Crippen LogP) is 2.65. The maximum atomic E-state index is 12.8. The zero-order valence-corrected chi connectivity index (χ0v) is 24.9. The fraction of sp³-hybridized carbons (Fsp3) is 0.121. The van der Waals surface area contributed by atoms with Crippen LogP contribution >= 0.6 is 0 Å². The van der Waals surface area contributed by atoms with Gasteiger partial charge < -0.3 is 55.1 Å². The van der Waals surface area contributed by atoms with Gasteiger partial charge in [-0.15, -0.1) is 0 Å². The molecular weight excluding hydrogens is 652 g/mol. The van der Waals surface area contributed by atoms with Crippen LogP contribution in [0, 0.1) is 0 Å². The van der Waals surface area contributed by atoms with Crippen LogP contribution in [0.3, 0.4) is 0 Å². The van der Waals surface area contributed by atoms with Gasteiger partial charge in [0.15, 0.2) is 46.7 Å². The van der Waals surface area contributed by atoms with E-state index in [1.165, 1.54) is 18.2 Å². The molecule has 0 fully saturated rings. The molecule has 3 aromatic rings. The number of aromatic hydroxyl groups is 6. The number of benzene rings is 3. The summed E-state index contributed by atoms with van der Waals surface area (Å²) in [6.07, 6.45) is -2.58. The van der Waals surface area contributed by atoms with E-state index in [1.807, 2.05) is 0 Å². The molecule has 0 aliphatic heterocycles. The van der Waals surface area contributed by atoms with Gasteiger partial charge in [0.25, 0.3) is 0 Å². The SMILES string of the molecule is O=C(O)C[C@@H](OC(=O)/C=C/c1ccc(O)c(O)c1)[C@H](OC(=O)/C=C/c1ccc(O)c(O)c1)[C@H](OC(=O)/C=C/c1ccc(O)c(O)c1)C(=O)O. The molecule has 3 rings (SSSR count). The van der Waals surface area contributed by atoms with Crippen molar-refractivity contribution >= 4 is 48.1 Å². The summed E-state index contributed by atoms with van der Waals surface area (Å²) < 4.78 is 15.3. The van der Waals surface area contributed by atoms with Crippen molar-refractivity contribution in [2.24, 2.45) is 0 Å². The molecule has 0 saturated carbocycles. The summed E-state index contributed by atoms with van der Waals surface area (Å²) in [5.74, 6) is -10.5. The van der Waals surface area contributed by atoms with Crippen LogP contribution in [0.15, 0.2) is 72.8 Å². The van der Waals surface area contributed by atoms with E-state index in [-0.39, 0.29) is 16.7 Å². The van der Waals surface area contributed by atoms with Crippen molar-refractivity contribution < 1.29 is 79.0 Å². The van der Waals surface area contributed by atoms with Gasteiger partial charge in [-0.25, -0.2) is 19.2 Å². The molecule has 8 N–H and O–H groups in total. The second-order valence-corrected chi connectivity index (χ2v) is 9.91. The third kappa shape index (κ3) is 11.1. The van der Waals surface area contributed by atoms with Crippen molar-refractivity contribution in [2.45, 2.75) is 24.7 Å². The number of rotatable bonds is 14. The number of carbonyl (C=O) groups is 5. The van der Waals surface area contributed by atoms with Crippen LogP contribution in [0.2, 0.25) is 0 Å². The van der Waals surface area contributed by atoms with Crippen molar-refractivity contribution in [1.82, 2.24) is 0 Å². The summed E-state index contributed by atoms with van der Waals surface area (Å²) in [5.41, 5.74) is 0.509. The Morgan fingerprint density at radius 1 is 0.531 bits per heavy atom. The first-order chi connectivity index (χ1) is 23.1. The van der Waals surface area contributed by atoms with E-state index in [4.69, 9.17) is 14.2 Å². The molecule has 0 bridgehead atoms. The van der Waals surface area contributed by atoms with Gasteiger partial charge in [-0.2, -0.15) is 0 Å². The molecule has 16 nitrogen and oxygen atoms in total. The molecule has 0 aliphatic carbocycles. The first-order valence-corrected chi connectivity index (χ1v) is 13.8. The second-order valence-electron chi connectivity index (χ2n) is 9.91. The lowest BCUT2D eigenvalue weighted by atomic mass is 10.0. The fourth-order valence-electron chi connectivity index (χ4n) is 3.94. The number of aliphatic carboxylic acids is 2. The first-order valence-electron chi connectivity index (χ1n) is 13.8. The highest BCUT2D eigenvalue weighted by Gasteiger charge is 2.43. The third-order valence-corrected chi connectivity index (χ3v) is 6.28. The van der Waals surface area contributed by atoms with Crippen LogP contribution in [0.5, 0.6) is 34.5 Å². The number of carboxylic acid groups (broad SMARTS) is 2. The van der Waals surface area contributed by atoms with E-state index in [0.29, 0.717) is 6.08 Å². The average molecular weight is 681 g/mol. The van der Waals surface area contributed by atoms with E-state index >= 15 is 0 Å². The van der Waals surface area contributed by atoms with Gasteiger partial charge in [-0.1, -0.05) is 18.2 Å². The number of carboxylic acids is 2. The maximum absolute atomic E-state index is 12.8. The summed E-state index contributed by atoms with van der Waals surface area (Å²) in [5, 5.41) is 76.9. The lowest BCUT2D eigenvalue weighted by Gasteiger charge is -2.29. The minimum Gasteiger partial charge on any atom is -0.504 e. The van der Waals surface area contributed by atoms with Gasteiger partial charge in [0.2, 0.25) is 6.10 Å². The molecule has 0 unspecified atom stereocenters. The third-order valence-electron chi connectivity index (χ3n) is 6.28. The highest BCUT2D eigenvalue weighted by Crippen LogP contribution is 2.28. The largest absolute Gasteiger partial charge is 0.504 e. The maximum Gasteiger partial charge on any atom is 0.349 e. The molecule has 0 radical (unpaired) electrons. The topological polar surface area (TPSA) is 275 Å². The number of carbonyl (C=O) groups excluding carboxylic acids is 3. The van der Waals surface area contributed by atoms with Crippen molar-refractivity contribution in [1.29, 1.82) is 0 Å². The molecular formula is C33H28O16. The Balaban J connectivity index is 1.94. The minimum absolute atomic E-state index is 0.161. The number of phenolic OH excluding ortho intramolecular Hbond substituents is 6. The van der Waals surface area contributed by atoms with Crippen LogP contribution < -0.4 is 0 Å². The summed E-state index contributed by atoms with van der Waals surface area (Å²) in [6.45, 7) is 0. The van der Waals surface area contributed by atoms with Crippen LogP contribution in [0.1, 0.15) is 23.1 Å². The minimum atomic E-state index is -2.48. The van der Waals surface area contributed by atoms with Gasteiger partial charge in [-0.3, -0.25) is 4.79 Å². The second kappa shape index (κ2) is 16.5. The first kappa shape index (κ1) is 36.5. The average Bonchev–Trinajstić information content (AvgIpc) is 3.03. The Morgan fingerprint density at radius 3 is 1.24 bits per heavy atom. The van der Waals surface area contributed by atoms with Gasteiger partial charge in [0.1, 0.15) is 0 Å². The van der Waals surface area contributed by atoms with E-state index in [9.17, 15) is 64.8 Å². The Morgan fingerprint density at radius 2 is 0.898 bits per heavy atom. The Hall–Kier alpha value is -6.97. The number of phenols is 6. The van der Waals surface area contributed by atoms with E-state index in [0.717, 1.165) is 66.8 Å². The highest BCUT2D eigenvalue weighted by atomic mass is 16.6. The summed E-state index contributed by atoms with van der Waals surface area (Å²) in [6, 6.07) is 10.4. The molecule has 0 heterocycles. The lowest BCUT2D eigenvalue weighted by molar-refractivity contribution is -0.190. The van der Waals surface area contributed by atoms with Gasteiger partial charge in [0.05, 0.1) is 6.42 Å². The molecule has 256 valence electrons. The summed E-state index contributed by atoms with van der Waals surface area (Å²) in [7, 11) is 0. The van der Waals surface area contributed by atoms with Crippen LogP contribution in [0.25, 0.3) is 18.2 Å². The molecule has 3 aromatic carbocycles. The van der Waals surface area contributed by atoms with E-state index in [1.54, 1.807) is 0 Å². The molecule has 49 heavy (non-hydrogen) atoms. The molecule has 3 atom stereocenters. The molecule has 0 saturated heterocycles. The molecule has 0 spiro atoms. The predicted molar refractivity (Wildman–Crippen MR) is 166 cm³/mol. The van der Waals surface area contributed by atoms with Gasteiger partial charge in [-0.05, 0) is 71.3 Å². The molecule has 0 aliphatic rings. The molecule has 0 aromatic heterocycles. The number of hydrogen-bond donors (Lipinski definition) is 8. The standard InChI is InChI=1S/C33H28O16/c34-20-7-1-17(13-23(20)37)4-10-28(42)47-26(16-27(40)41)31(48-29(43)11-5-18-2-8-21(35)24(38)14-18)32(33(45)46)49-30(44)12-6-19-3-9-22(36)25(39)15-19/h1-15,26,31-32,34-39H,16H2,(H,40,41)(H,45,46)/b10-4+,11-5+,12-6+/t26-,31+,32+/m1/s1.